The van der Waals surface area contributed by atoms with Crippen LogP contribution in [-0.2, 0) is 28.6 Å². The highest BCUT2D eigenvalue weighted by molar-refractivity contribution is 5.87. The van der Waals surface area contributed by atoms with Gasteiger partial charge in [-0.1, -0.05) is 27.0 Å². The monoisotopic (exact) mass is 340 g/mol. The molecule has 0 atom stereocenters. The standard InChI is InChI=1S/C18H28O6/c1-12(2)14(19)22-9-17(5,6)10-24-16(21)18(7,8)11-23-15(20)13(3)4/h1,3,9-11H2,2,4-8H3. The van der Waals surface area contributed by atoms with Gasteiger partial charge in [-0.05, 0) is 27.7 Å². The molecule has 0 unspecified atom stereocenters. The van der Waals surface area contributed by atoms with Crippen molar-refractivity contribution in [2.75, 3.05) is 19.8 Å². The molecule has 24 heavy (non-hydrogen) atoms. The molecule has 0 spiro atoms. The zero-order valence-corrected chi connectivity index (χ0v) is 15.5. The van der Waals surface area contributed by atoms with Gasteiger partial charge in [0.15, 0.2) is 0 Å². The molecule has 6 nitrogen and oxygen atoms in total. The van der Waals surface area contributed by atoms with Crippen LogP contribution in [0, 0.1) is 10.8 Å². The number of esters is 3. The van der Waals surface area contributed by atoms with E-state index in [4.69, 9.17) is 14.2 Å². The van der Waals surface area contributed by atoms with Crippen LogP contribution in [0.2, 0.25) is 0 Å². The minimum Gasteiger partial charge on any atom is -0.464 e. The quantitative estimate of drug-likeness (QED) is 0.365. The van der Waals surface area contributed by atoms with Crippen LogP contribution < -0.4 is 0 Å². The topological polar surface area (TPSA) is 78.9 Å². The van der Waals surface area contributed by atoms with Crippen LogP contribution in [0.1, 0.15) is 41.5 Å². The van der Waals surface area contributed by atoms with Crippen molar-refractivity contribution >= 4 is 17.9 Å². The first-order chi connectivity index (χ1) is 10.8. The summed E-state index contributed by atoms with van der Waals surface area (Å²) in [6, 6.07) is 0. The summed E-state index contributed by atoms with van der Waals surface area (Å²) < 4.78 is 15.4. The Morgan fingerprint density at radius 3 is 1.54 bits per heavy atom. The second kappa shape index (κ2) is 8.66. The molecule has 0 saturated heterocycles. The molecule has 0 saturated carbocycles. The van der Waals surface area contributed by atoms with Gasteiger partial charge < -0.3 is 14.2 Å². The van der Waals surface area contributed by atoms with Crippen molar-refractivity contribution in [3.63, 3.8) is 0 Å². The fraction of sp³-hybridized carbons (Fsp3) is 0.611. The Kier molecular flexibility index (Phi) is 7.90. The molecule has 0 aliphatic carbocycles. The summed E-state index contributed by atoms with van der Waals surface area (Å²) in [7, 11) is 0. The van der Waals surface area contributed by atoms with E-state index in [1.54, 1.807) is 34.6 Å². The smallest absolute Gasteiger partial charge is 0.333 e. The Labute approximate surface area is 143 Å². The largest absolute Gasteiger partial charge is 0.464 e. The summed E-state index contributed by atoms with van der Waals surface area (Å²) in [5.74, 6) is -1.54. The molecular weight excluding hydrogens is 312 g/mol. The van der Waals surface area contributed by atoms with E-state index in [-0.39, 0.29) is 25.4 Å². The highest BCUT2D eigenvalue weighted by Crippen LogP contribution is 2.22. The Balaban J connectivity index is 4.48. The molecule has 0 aromatic rings. The number of rotatable bonds is 9. The maximum absolute atomic E-state index is 12.2. The summed E-state index contributed by atoms with van der Waals surface area (Å²) in [6.07, 6.45) is 0. The van der Waals surface area contributed by atoms with Crippen LogP contribution in [0.4, 0.5) is 0 Å². The predicted octanol–water partition coefficient (Wildman–Crippen LogP) is 2.82. The summed E-state index contributed by atoms with van der Waals surface area (Å²) in [6.45, 7) is 17.0. The molecular formula is C18H28O6. The Morgan fingerprint density at radius 1 is 0.750 bits per heavy atom. The van der Waals surface area contributed by atoms with E-state index in [0.29, 0.717) is 5.57 Å². The van der Waals surface area contributed by atoms with Gasteiger partial charge in [-0.15, -0.1) is 0 Å². The van der Waals surface area contributed by atoms with Gasteiger partial charge in [-0.25, -0.2) is 9.59 Å². The number of hydrogen-bond acceptors (Lipinski definition) is 6. The van der Waals surface area contributed by atoms with Gasteiger partial charge in [0.2, 0.25) is 0 Å². The third-order valence-corrected chi connectivity index (χ3v) is 3.00. The number of carbonyl (C=O) groups excluding carboxylic acids is 3. The third kappa shape index (κ3) is 7.94. The number of ether oxygens (including phenoxy) is 3. The molecule has 0 rings (SSSR count). The van der Waals surface area contributed by atoms with Gasteiger partial charge in [0.25, 0.3) is 0 Å². The minimum atomic E-state index is -0.991. The molecule has 0 amide bonds. The molecule has 0 radical (unpaired) electrons. The lowest BCUT2D eigenvalue weighted by molar-refractivity contribution is -0.164. The Bertz CT molecular complexity index is 528. The van der Waals surface area contributed by atoms with Crippen LogP contribution >= 0.6 is 0 Å². The van der Waals surface area contributed by atoms with E-state index in [2.05, 4.69) is 13.2 Å². The molecule has 0 bridgehead atoms. The fourth-order valence-corrected chi connectivity index (χ4v) is 1.31. The van der Waals surface area contributed by atoms with Crippen LogP contribution in [0.5, 0.6) is 0 Å². The van der Waals surface area contributed by atoms with Gasteiger partial charge in [-0.3, -0.25) is 4.79 Å². The lowest BCUT2D eigenvalue weighted by atomic mass is 9.93. The normalized spacial score (nSPS) is 11.4. The van der Waals surface area contributed by atoms with Crippen molar-refractivity contribution in [2.45, 2.75) is 41.5 Å². The zero-order valence-electron chi connectivity index (χ0n) is 15.5. The molecule has 0 fully saturated rings. The average molecular weight is 340 g/mol. The van der Waals surface area contributed by atoms with Gasteiger partial charge >= 0.3 is 17.9 Å². The molecule has 0 aromatic heterocycles. The Morgan fingerprint density at radius 2 is 1.12 bits per heavy atom. The SMILES string of the molecule is C=C(C)C(=O)OCC(C)(C)COC(=O)C(C)(C)COC(=O)C(=C)C. The minimum absolute atomic E-state index is 0.0627. The fourth-order valence-electron chi connectivity index (χ4n) is 1.31. The van der Waals surface area contributed by atoms with Crippen LogP contribution in [0.25, 0.3) is 0 Å². The first kappa shape index (κ1) is 21.9. The maximum Gasteiger partial charge on any atom is 0.333 e. The van der Waals surface area contributed by atoms with Crippen molar-refractivity contribution in [1.82, 2.24) is 0 Å². The molecule has 0 heterocycles. The maximum atomic E-state index is 12.2. The number of hydrogen-bond donors (Lipinski definition) is 0. The van der Waals surface area contributed by atoms with E-state index >= 15 is 0 Å². The molecule has 136 valence electrons. The van der Waals surface area contributed by atoms with Crippen LogP contribution in [-0.4, -0.2) is 37.7 Å². The van der Waals surface area contributed by atoms with Crippen LogP contribution in [0.3, 0.4) is 0 Å². The van der Waals surface area contributed by atoms with Crippen molar-refractivity contribution in [3.8, 4) is 0 Å². The Hall–Kier alpha value is -2.11. The highest BCUT2D eigenvalue weighted by Gasteiger charge is 2.33. The second-order valence-electron chi connectivity index (χ2n) is 7.34. The number of carbonyl (C=O) groups is 3. The van der Waals surface area contributed by atoms with Crippen LogP contribution in [0.15, 0.2) is 24.3 Å². The van der Waals surface area contributed by atoms with Gasteiger partial charge in [0.05, 0.1) is 18.6 Å². The summed E-state index contributed by atoms with van der Waals surface area (Å²) >= 11 is 0. The third-order valence-electron chi connectivity index (χ3n) is 3.00. The zero-order chi connectivity index (χ0) is 19.1. The van der Waals surface area contributed by atoms with E-state index in [9.17, 15) is 14.4 Å². The summed E-state index contributed by atoms with van der Waals surface area (Å²) in [4.78, 5) is 35.0. The molecule has 0 aliphatic heterocycles. The van der Waals surface area contributed by atoms with Crippen molar-refractivity contribution in [1.29, 1.82) is 0 Å². The summed E-state index contributed by atoms with van der Waals surface area (Å²) in [5.41, 5.74) is -0.969. The molecule has 0 N–H and O–H groups in total. The van der Waals surface area contributed by atoms with E-state index < -0.39 is 28.7 Å². The average Bonchev–Trinajstić information content (AvgIpc) is 2.47. The molecule has 0 aliphatic rings. The first-order valence-electron chi connectivity index (χ1n) is 7.61. The molecule has 6 heteroatoms. The lowest BCUT2D eigenvalue weighted by Crippen LogP contribution is -2.36. The van der Waals surface area contributed by atoms with Gasteiger partial charge in [-0.2, -0.15) is 0 Å². The van der Waals surface area contributed by atoms with Crippen molar-refractivity contribution < 1.29 is 28.6 Å². The van der Waals surface area contributed by atoms with E-state index in [1.807, 2.05) is 0 Å². The van der Waals surface area contributed by atoms with Gasteiger partial charge in [0.1, 0.15) is 6.61 Å². The molecule has 0 aromatic carbocycles. The highest BCUT2D eigenvalue weighted by atomic mass is 16.6. The van der Waals surface area contributed by atoms with Crippen molar-refractivity contribution in [3.05, 3.63) is 24.3 Å². The van der Waals surface area contributed by atoms with Crippen molar-refractivity contribution in [2.24, 2.45) is 10.8 Å². The van der Waals surface area contributed by atoms with Gasteiger partial charge in [0, 0.05) is 16.6 Å². The summed E-state index contributed by atoms with van der Waals surface area (Å²) in [5, 5.41) is 0. The lowest BCUT2D eigenvalue weighted by Gasteiger charge is -2.27. The predicted molar refractivity (Wildman–Crippen MR) is 90.1 cm³/mol. The second-order valence-corrected chi connectivity index (χ2v) is 7.34. The first-order valence-corrected chi connectivity index (χ1v) is 7.61. The van der Waals surface area contributed by atoms with E-state index in [1.165, 1.54) is 6.92 Å². The van der Waals surface area contributed by atoms with E-state index in [0.717, 1.165) is 0 Å².